The zero-order valence-electron chi connectivity index (χ0n) is 17.6. The lowest BCUT2D eigenvalue weighted by atomic mass is 10.0. The van der Waals surface area contributed by atoms with Crippen LogP contribution in [0.2, 0.25) is 0 Å². The van der Waals surface area contributed by atoms with Crippen LogP contribution in [0.5, 0.6) is 0 Å². The number of nitrogens with zero attached hydrogens (tertiary/aromatic N) is 2. The van der Waals surface area contributed by atoms with Crippen LogP contribution in [0, 0.1) is 17.2 Å². The largest absolute Gasteiger partial charge is 0.351 e. The van der Waals surface area contributed by atoms with Gasteiger partial charge in [-0.25, -0.2) is 8.42 Å². The molecule has 1 aliphatic heterocycles. The van der Waals surface area contributed by atoms with E-state index in [0.29, 0.717) is 48.2 Å². The SMILES string of the molecule is CC1CCN(S(=O)(=O)c2ccc(C(=O)NCCSCc3ccccc3C#N)cc2)CC1. The van der Waals surface area contributed by atoms with Crippen LogP contribution in [0.4, 0.5) is 0 Å². The minimum atomic E-state index is -3.51. The average molecular weight is 458 g/mol. The third kappa shape index (κ3) is 6.10. The van der Waals surface area contributed by atoms with Gasteiger partial charge >= 0.3 is 0 Å². The summed E-state index contributed by atoms with van der Waals surface area (Å²) in [6, 6.07) is 15.8. The quantitative estimate of drug-likeness (QED) is 0.611. The molecule has 8 heteroatoms. The van der Waals surface area contributed by atoms with E-state index < -0.39 is 10.0 Å². The van der Waals surface area contributed by atoms with Gasteiger partial charge in [0.25, 0.3) is 5.91 Å². The fraction of sp³-hybridized carbons (Fsp3) is 0.391. The third-order valence-electron chi connectivity index (χ3n) is 5.42. The summed E-state index contributed by atoms with van der Waals surface area (Å²) in [6.45, 7) is 3.72. The molecule has 1 aliphatic rings. The molecule has 31 heavy (non-hydrogen) atoms. The van der Waals surface area contributed by atoms with Gasteiger partial charge in [0.2, 0.25) is 10.0 Å². The van der Waals surface area contributed by atoms with E-state index in [0.717, 1.165) is 18.4 Å². The maximum Gasteiger partial charge on any atom is 0.251 e. The predicted octanol–water partition coefficient (Wildman–Crippen LogP) is 3.64. The highest BCUT2D eigenvalue weighted by atomic mass is 32.2. The van der Waals surface area contributed by atoms with Crippen molar-refractivity contribution in [3.05, 3.63) is 65.2 Å². The molecule has 1 fully saturated rings. The van der Waals surface area contributed by atoms with Crippen molar-refractivity contribution in [1.82, 2.24) is 9.62 Å². The number of sulfonamides is 1. The van der Waals surface area contributed by atoms with Gasteiger partial charge in [-0.2, -0.15) is 21.3 Å². The molecule has 1 amide bonds. The highest BCUT2D eigenvalue weighted by Gasteiger charge is 2.28. The van der Waals surface area contributed by atoms with E-state index in [9.17, 15) is 13.2 Å². The smallest absolute Gasteiger partial charge is 0.251 e. The summed E-state index contributed by atoms with van der Waals surface area (Å²) in [5, 5.41) is 12.0. The molecule has 0 spiro atoms. The Morgan fingerprint density at radius 1 is 1.16 bits per heavy atom. The Bertz CT molecular complexity index is 1040. The first-order valence-corrected chi connectivity index (χ1v) is 13.0. The van der Waals surface area contributed by atoms with Crippen LogP contribution in [0.15, 0.2) is 53.4 Å². The Kier molecular flexibility index (Phi) is 8.13. The van der Waals surface area contributed by atoms with E-state index in [4.69, 9.17) is 5.26 Å². The third-order valence-corrected chi connectivity index (χ3v) is 8.35. The maximum atomic E-state index is 12.8. The Morgan fingerprint density at radius 3 is 2.52 bits per heavy atom. The standard InChI is InChI=1S/C23H27N3O3S2/c1-18-10-13-26(14-11-18)31(28,29)22-8-6-19(7-9-22)23(27)25-12-15-30-17-21-5-3-2-4-20(21)16-24/h2-9,18H,10-15,17H2,1H3,(H,25,27). The minimum absolute atomic E-state index is 0.227. The fourth-order valence-electron chi connectivity index (χ4n) is 3.43. The second kappa shape index (κ2) is 10.8. The molecule has 0 bridgehead atoms. The minimum Gasteiger partial charge on any atom is -0.351 e. The van der Waals surface area contributed by atoms with E-state index in [-0.39, 0.29) is 10.8 Å². The van der Waals surface area contributed by atoms with Crippen LogP contribution in [0.3, 0.4) is 0 Å². The topological polar surface area (TPSA) is 90.3 Å². The first-order chi connectivity index (χ1) is 14.9. The van der Waals surface area contributed by atoms with E-state index in [1.807, 2.05) is 18.2 Å². The molecule has 0 unspecified atom stereocenters. The first-order valence-electron chi connectivity index (χ1n) is 10.4. The lowest BCUT2D eigenvalue weighted by Crippen LogP contribution is -2.37. The number of nitriles is 1. The van der Waals surface area contributed by atoms with Crippen molar-refractivity contribution in [2.24, 2.45) is 5.92 Å². The van der Waals surface area contributed by atoms with Crippen molar-refractivity contribution in [3.8, 4) is 6.07 Å². The van der Waals surface area contributed by atoms with Gasteiger partial charge in [0.15, 0.2) is 0 Å². The lowest BCUT2D eigenvalue weighted by Gasteiger charge is -2.29. The van der Waals surface area contributed by atoms with Crippen LogP contribution in [0.25, 0.3) is 0 Å². The zero-order chi connectivity index (χ0) is 22.3. The summed E-state index contributed by atoms with van der Waals surface area (Å²) in [5.41, 5.74) is 2.10. The molecule has 0 saturated carbocycles. The number of rotatable bonds is 8. The Hall–Kier alpha value is -2.34. The monoisotopic (exact) mass is 457 g/mol. The molecule has 0 aromatic heterocycles. The number of piperidine rings is 1. The fourth-order valence-corrected chi connectivity index (χ4v) is 5.76. The summed E-state index contributed by atoms with van der Waals surface area (Å²) in [4.78, 5) is 12.6. The molecule has 3 rings (SSSR count). The van der Waals surface area contributed by atoms with Crippen LogP contribution in [-0.4, -0.2) is 44.0 Å². The summed E-state index contributed by atoms with van der Waals surface area (Å²) >= 11 is 1.64. The maximum absolute atomic E-state index is 12.8. The Morgan fingerprint density at radius 2 is 1.84 bits per heavy atom. The van der Waals surface area contributed by atoms with Crippen molar-refractivity contribution in [2.45, 2.75) is 30.4 Å². The highest BCUT2D eigenvalue weighted by molar-refractivity contribution is 7.98. The number of hydrogen-bond donors (Lipinski definition) is 1. The van der Waals surface area contributed by atoms with Crippen LogP contribution in [-0.2, 0) is 15.8 Å². The number of benzene rings is 2. The normalized spacial score (nSPS) is 15.4. The van der Waals surface area contributed by atoms with E-state index >= 15 is 0 Å². The van der Waals surface area contributed by atoms with Gasteiger partial charge in [-0.15, -0.1) is 0 Å². The van der Waals surface area contributed by atoms with Crippen molar-refractivity contribution in [1.29, 1.82) is 5.26 Å². The molecule has 0 aliphatic carbocycles. The van der Waals surface area contributed by atoms with Crippen LogP contribution in [0.1, 0.15) is 41.3 Å². The number of carbonyl (C=O) groups excluding carboxylic acids is 1. The van der Waals surface area contributed by atoms with Crippen molar-refractivity contribution < 1.29 is 13.2 Å². The second-order valence-corrected chi connectivity index (χ2v) is 10.7. The molecule has 1 N–H and O–H groups in total. The average Bonchev–Trinajstić information content (AvgIpc) is 2.79. The first kappa shape index (κ1) is 23.3. The molecule has 164 valence electrons. The second-order valence-electron chi connectivity index (χ2n) is 7.69. The summed E-state index contributed by atoms with van der Waals surface area (Å²) < 4.78 is 27.1. The number of thioether (sulfide) groups is 1. The van der Waals surface area contributed by atoms with Gasteiger partial charge in [-0.3, -0.25) is 4.79 Å². The van der Waals surface area contributed by atoms with Crippen LogP contribution < -0.4 is 5.32 Å². The Balaban J connectivity index is 1.47. The van der Waals surface area contributed by atoms with E-state index in [2.05, 4.69) is 18.3 Å². The van der Waals surface area contributed by atoms with Gasteiger partial charge in [0.05, 0.1) is 16.5 Å². The highest BCUT2D eigenvalue weighted by Crippen LogP contribution is 2.23. The predicted molar refractivity (Wildman–Crippen MR) is 123 cm³/mol. The number of hydrogen-bond acceptors (Lipinski definition) is 5. The number of nitrogens with one attached hydrogen (secondary N) is 1. The molecular formula is C23H27N3O3S2. The molecule has 2 aromatic carbocycles. The van der Waals surface area contributed by atoms with Gasteiger partial charge in [-0.1, -0.05) is 25.1 Å². The summed E-state index contributed by atoms with van der Waals surface area (Å²) in [5.74, 6) is 1.75. The van der Waals surface area contributed by atoms with Crippen LogP contribution >= 0.6 is 11.8 Å². The molecule has 2 aromatic rings. The molecule has 1 saturated heterocycles. The van der Waals surface area contributed by atoms with Crippen molar-refractivity contribution >= 4 is 27.7 Å². The molecular weight excluding hydrogens is 430 g/mol. The molecule has 6 nitrogen and oxygen atoms in total. The zero-order valence-corrected chi connectivity index (χ0v) is 19.2. The number of amides is 1. The van der Waals surface area contributed by atoms with Gasteiger partial charge in [-0.05, 0) is 54.7 Å². The van der Waals surface area contributed by atoms with Crippen molar-refractivity contribution in [3.63, 3.8) is 0 Å². The van der Waals surface area contributed by atoms with Gasteiger partial charge in [0, 0.05) is 36.7 Å². The van der Waals surface area contributed by atoms with Gasteiger partial charge < -0.3 is 5.32 Å². The lowest BCUT2D eigenvalue weighted by molar-refractivity contribution is 0.0956. The molecule has 1 heterocycles. The Labute approximate surface area is 188 Å². The van der Waals surface area contributed by atoms with E-state index in [1.54, 1.807) is 30.0 Å². The molecule has 0 radical (unpaired) electrons. The summed E-state index contributed by atoms with van der Waals surface area (Å²) in [7, 11) is -3.51. The van der Waals surface area contributed by atoms with E-state index in [1.165, 1.54) is 16.4 Å². The molecule has 0 atom stereocenters. The summed E-state index contributed by atoms with van der Waals surface area (Å²) in [6.07, 6.45) is 1.75. The van der Waals surface area contributed by atoms with Gasteiger partial charge in [0.1, 0.15) is 0 Å². The number of carbonyl (C=O) groups is 1. The van der Waals surface area contributed by atoms with Crippen molar-refractivity contribution in [2.75, 3.05) is 25.4 Å².